The Morgan fingerprint density at radius 3 is 2.55 bits per heavy atom. The Bertz CT molecular complexity index is 626. The zero-order valence-electron chi connectivity index (χ0n) is 12.2. The minimum Gasteiger partial charge on any atom is -0.438 e. The molecule has 2 rings (SSSR count). The minimum absolute atomic E-state index is 0.265. The Morgan fingerprint density at radius 1 is 1.15 bits per heavy atom. The van der Waals surface area contributed by atoms with Crippen molar-refractivity contribution in [2.45, 2.75) is 27.3 Å². The summed E-state index contributed by atoms with van der Waals surface area (Å²) in [6.45, 7) is 6.46. The molecule has 0 saturated heterocycles. The van der Waals surface area contributed by atoms with E-state index in [4.69, 9.17) is 4.74 Å². The summed E-state index contributed by atoms with van der Waals surface area (Å²) in [4.78, 5) is 4.46. The van der Waals surface area contributed by atoms with E-state index < -0.39 is 0 Å². The number of nitrogens with one attached hydrogen (secondary N) is 1. The monoisotopic (exact) mass is 274 g/mol. The second kappa shape index (κ2) is 6.01. The standard InChI is InChI=1S/C16H19FN2O/c1-10-7-12(3)19-16(14(10)9-18-4)20-15-6-5-13(17)8-11(15)2/h5-8,18H,9H2,1-4H3. The molecule has 20 heavy (non-hydrogen) atoms. The van der Waals surface area contributed by atoms with E-state index in [1.807, 2.05) is 33.9 Å². The molecule has 0 amide bonds. The van der Waals surface area contributed by atoms with Crippen LogP contribution in [0.2, 0.25) is 0 Å². The highest BCUT2D eigenvalue weighted by Crippen LogP contribution is 2.28. The normalized spacial score (nSPS) is 10.7. The molecular formula is C16H19FN2O. The Balaban J connectivity index is 2.41. The van der Waals surface area contributed by atoms with Gasteiger partial charge in [0.05, 0.1) is 0 Å². The summed E-state index contributed by atoms with van der Waals surface area (Å²) in [5.74, 6) is 0.937. The highest BCUT2D eigenvalue weighted by molar-refractivity contribution is 5.41. The van der Waals surface area contributed by atoms with Gasteiger partial charge in [0.1, 0.15) is 11.6 Å². The van der Waals surface area contributed by atoms with Crippen molar-refractivity contribution in [1.82, 2.24) is 10.3 Å². The molecule has 0 spiro atoms. The van der Waals surface area contributed by atoms with Gasteiger partial charge in [-0.3, -0.25) is 0 Å². The lowest BCUT2D eigenvalue weighted by Crippen LogP contribution is -2.10. The van der Waals surface area contributed by atoms with Gasteiger partial charge in [0.25, 0.3) is 0 Å². The molecule has 0 aliphatic heterocycles. The average molecular weight is 274 g/mol. The van der Waals surface area contributed by atoms with Crippen molar-refractivity contribution in [1.29, 1.82) is 0 Å². The van der Waals surface area contributed by atoms with E-state index in [1.54, 1.807) is 6.07 Å². The average Bonchev–Trinajstić information content (AvgIpc) is 2.37. The molecule has 0 fully saturated rings. The van der Waals surface area contributed by atoms with E-state index in [1.165, 1.54) is 12.1 Å². The third-order valence-electron chi connectivity index (χ3n) is 3.13. The van der Waals surface area contributed by atoms with Gasteiger partial charge in [0.2, 0.25) is 5.88 Å². The maximum absolute atomic E-state index is 13.1. The van der Waals surface area contributed by atoms with Crippen LogP contribution in [0, 0.1) is 26.6 Å². The highest BCUT2D eigenvalue weighted by Gasteiger charge is 2.12. The number of rotatable bonds is 4. The minimum atomic E-state index is -0.265. The molecule has 3 nitrogen and oxygen atoms in total. The van der Waals surface area contributed by atoms with Gasteiger partial charge in [-0.15, -0.1) is 0 Å². The molecule has 106 valence electrons. The summed E-state index contributed by atoms with van der Waals surface area (Å²) >= 11 is 0. The Morgan fingerprint density at radius 2 is 1.90 bits per heavy atom. The lowest BCUT2D eigenvalue weighted by Gasteiger charge is -2.14. The Hall–Kier alpha value is -1.94. The van der Waals surface area contributed by atoms with E-state index in [9.17, 15) is 4.39 Å². The van der Waals surface area contributed by atoms with Gasteiger partial charge >= 0.3 is 0 Å². The number of nitrogens with zero attached hydrogens (tertiary/aromatic N) is 1. The summed E-state index contributed by atoms with van der Waals surface area (Å²) in [5.41, 5.74) is 3.79. The zero-order chi connectivity index (χ0) is 14.7. The first-order valence-corrected chi connectivity index (χ1v) is 6.57. The molecule has 1 heterocycles. The predicted molar refractivity (Wildman–Crippen MR) is 77.7 cm³/mol. The van der Waals surface area contributed by atoms with Crippen LogP contribution in [0.15, 0.2) is 24.3 Å². The molecule has 0 saturated carbocycles. The molecule has 1 aromatic carbocycles. The molecule has 0 unspecified atom stereocenters. The van der Waals surface area contributed by atoms with Gasteiger partial charge in [-0.1, -0.05) is 0 Å². The van der Waals surface area contributed by atoms with Crippen LogP contribution in [0.25, 0.3) is 0 Å². The number of aryl methyl sites for hydroxylation is 3. The largest absolute Gasteiger partial charge is 0.438 e. The summed E-state index contributed by atoms with van der Waals surface area (Å²) < 4.78 is 19.0. The fraction of sp³-hybridized carbons (Fsp3) is 0.312. The van der Waals surface area contributed by atoms with Crippen LogP contribution in [0.5, 0.6) is 11.6 Å². The van der Waals surface area contributed by atoms with E-state index in [0.29, 0.717) is 18.2 Å². The fourth-order valence-corrected chi connectivity index (χ4v) is 2.14. The van der Waals surface area contributed by atoms with Gasteiger partial charge in [-0.2, -0.15) is 0 Å². The Labute approximate surface area is 118 Å². The number of halogens is 1. The van der Waals surface area contributed by atoms with E-state index >= 15 is 0 Å². The third kappa shape index (κ3) is 3.14. The second-order valence-electron chi connectivity index (χ2n) is 4.91. The predicted octanol–water partition coefficient (Wildman–Crippen LogP) is 3.66. The summed E-state index contributed by atoms with van der Waals surface area (Å²) in [6.07, 6.45) is 0. The van der Waals surface area contributed by atoms with Crippen molar-refractivity contribution >= 4 is 0 Å². The summed E-state index contributed by atoms with van der Waals surface area (Å²) in [7, 11) is 1.88. The van der Waals surface area contributed by atoms with Gasteiger partial charge in [-0.05, 0) is 63.2 Å². The molecule has 0 aliphatic rings. The van der Waals surface area contributed by atoms with Crippen LogP contribution in [-0.2, 0) is 6.54 Å². The lowest BCUT2D eigenvalue weighted by atomic mass is 10.1. The van der Waals surface area contributed by atoms with E-state index in [2.05, 4.69) is 10.3 Å². The molecule has 0 bridgehead atoms. The first kappa shape index (κ1) is 14.5. The summed E-state index contributed by atoms with van der Waals surface area (Å²) in [5, 5.41) is 3.11. The van der Waals surface area contributed by atoms with Crippen LogP contribution < -0.4 is 10.1 Å². The van der Waals surface area contributed by atoms with Gasteiger partial charge in [0.15, 0.2) is 0 Å². The van der Waals surface area contributed by atoms with E-state index in [0.717, 1.165) is 22.4 Å². The summed E-state index contributed by atoms with van der Waals surface area (Å²) in [6, 6.07) is 6.50. The van der Waals surface area contributed by atoms with Crippen molar-refractivity contribution in [2.24, 2.45) is 0 Å². The number of hydrogen-bond donors (Lipinski definition) is 1. The number of aromatic nitrogens is 1. The van der Waals surface area contributed by atoms with Crippen LogP contribution in [0.1, 0.15) is 22.4 Å². The first-order valence-electron chi connectivity index (χ1n) is 6.57. The number of ether oxygens (including phenoxy) is 1. The quantitative estimate of drug-likeness (QED) is 0.924. The van der Waals surface area contributed by atoms with Crippen molar-refractivity contribution in [3.8, 4) is 11.6 Å². The molecule has 1 aromatic heterocycles. The molecule has 4 heteroatoms. The zero-order valence-corrected chi connectivity index (χ0v) is 12.2. The van der Waals surface area contributed by atoms with Gasteiger partial charge in [-0.25, -0.2) is 9.37 Å². The fourth-order valence-electron chi connectivity index (χ4n) is 2.14. The molecule has 0 aliphatic carbocycles. The van der Waals surface area contributed by atoms with Crippen molar-refractivity contribution < 1.29 is 9.13 Å². The number of hydrogen-bond acceptors (Lipinski definition) is 3. The Kier molecular flexibility index (Phi) is 4.35. The highest BCUT2D eigenvalue weighted by atomic mass is 19.1. The molecule has 0 atom stereocenters. The number of benzene rings is 1. The van der Waals surface area contributed by atoms with Crippen molar-refractivity contribution in [2.75, 3.05) is 7.05 Å². The van der Waals surface area contributed by atoms with E-state index in [-0.39, 0.29) is 5.82 Å². The van der Waals surface area contributed by atoms with Crippen LogP contribution in [0.3, 0.4) is 0 Å². The van der Waals surface area contributed by atoms with Crippen LogP contribution in [-0.4, -0.2) is 12.0 Å². The topological polar surface area (TPSA) is 34.2 Å². The molecule has 2 aromatic rings. The van der Waals surface area contributed by atoms with Gasteiger partial charge < -0.3 is 10.1 Å². The first-order chi connectivity index (χ1) is 9.51. The second-order valence-corrected chi connectivity index (χ2v) is 4.91. The molecular weight excluding hydrogens is 255 g/mol. The van der Waals surface area contributed by atoms with Crippen molar-refractivity contribution in [3.05, 3.63) is 52.5 Å². The van der Waals surface area contributed by atoms with Gasteiger partial charge in [0, 0.05) is 17.8 Å². The maximum atomic E-state index is 13.1. The smallest absolute Gasteiger partial charge is 0.224 e. The van der Waals surface area contributed by atoms with Crippen LogP contribution >= 0.6 is 0 Å². The number of pyridine rings is 1. The van der Waals surface area contributed by atoms with Crippen LogP contribution in [0.4, 0.5) is 4.39 Å². The third-order valence-corrected chi connectivity index (χ3v) is 3.13. The maximum Gasteiger partial charge on any atom is 0.224 e. The SMILES string of the molecule is CNCc1c(C)cc(C)nc1Oc1ccc(F)cc1C. The lowest BCUT2D eigenvalue weighted by molar-refractivity contribution is 0.447. The van der Waals surface area contributed by atoms with Crippen molar-refractivity contribution in [3.63, 3.8) is 0 Å². The molecule has 1 N–H and O–H groups in total. The molecule has 0 radical (unpaired) electrons.